The van der Waals surface area contributed by atoms with E-state index in [0.29, 0.717) is 6.26 Å². The molecule has 1 aliphatic rings. The molecule has 3 aromatic heterocycles. The Morgan fingerprint density at radius 3 is 2.71 bits per heavy atom. The monoisotopic (exact) mass is 506 g/mol. The number of hydrogen-bond acceptors (Lipinski definition) is 13. The number of anilines is 1. The van der Waals surface area contributed by atoms with Gasteiger partial charge in [-0.3, -0.25) is 9.36 Å². The van der Waals surface area contributed by atoms with Crippen LogP contribution in [-0.2, 0) is 14.8 Å². The van der Waals surface area contributed by atoms with Crippen LogP contribution in [-0.4, -0.2) is 72.9 Å². The molecule has 5 rings (SSSR count). The number of imidazole rings is 1. The van der Waals surface area contributed by atoms with Gasteiger partial charge in [-0.1, -0.05) is 6.07 Å². The van der Waals surface area contributed by atoms with Crippen molar-refractivity contribution >= 4 is 38.0 Å². The van der Waals surface area contributed by atoms with Gasteiger partial charge < -0.3 is 35.3 Å². The van der Waals surface area contributed by atoms with E-state index in [4.69, 9.17) is 14.9 Å². The second-order valence-electron chi connectivity index (χ2n) is 7.70. The number of ether oxygens (including phenoxy) is 1. The lowest BCUT2D eigenvalue weighted by Gasteiger charge is -2.21. The molecular weight excluding hydrogens is 488 g/mol. The zero-order valence-corrected chi connectivity index (χ0v) is 18.3. The SMILES string of the molecule is Nc1ncnc2c1ncn2[C@@H]1O[C@H](C(O)NS(=O)(=O)c2coc3c(O)cccc3c2=O)[C@@H](O)[C@H]1O. The number of phenols is 1. The van der Waals surface area contributed by atoms with Crippen LogP contribution in [0, 0.1) is 0 Å². The quantitative estimate of drug-likeness (QED) is 0.163. The summed E-state index contributed by atoms with van der Waals surface area (Å²) in [7, 11) is -4.70. The predicted molar refractivity (Wildman–Crippen MR) is 116 cm³/mol. The Labute approximate surface area is 195 Å². The average Bonchev–Trinajstić information content (AvgIpc) is 3.36. The molecule has 5 atom stereocenters. The fraction of sp³-hybridized carbons (Fsp3) is 0.263. The van der Waals surface area contributed by atoms with E-state index in [1.165, 1.54) is 29.1 Å². The second-order valence-corrected chi connectivity index (χ2v) is 9.39. The highest BCUT2D eigenvalue weighted by Crippen LogP contribution is 2.33. The summed E-state index contributed by atoms with van der Waals surface area (Å²) < 4.78 is 39.4. The van der Waals surface area contributed by atoms with E-state index in [1.807, 2.05) is 4.72 Å². The molecule has 1 aromatic carbocycles. The van der Waals surface area contributed by atoms with E-state index in [9.17, 15) is 33.6 Å². The number of sulfonamides is 1. The van der Waals surface area contributed by atoms with E-state index in [0.717, 1.165) is 6.33 Å². The third kappa shape index (κ3) is 3.68. The molecule has 0 radical (unpaired) electrons. The number of fused-ring (bicyclic) bond motifs is 2. The van der Waals surface area contributed by atoms with Gasteiger partial charge in [0.1, 0.15) is 42.6 Å². The fourth-order valence-corrected chi connectivity index (χ4v) is 4.94. The number of para-hydroxylation sites is 1. The third-order valence-corrected chi connectivity index (χ3v) is 6.97. The van der Waals surface area contributed by atoms with E-state index >= 15 is 0 Å². The Hall–Kier alpha value is -3.67. The summed E-state index contributed by atoms with van der Waals surface area (Å²) in [4.78, 5) is 23.7. The molecule has 0 saturated carbocycles. The maximum absolute atomic E-state index is 12.8. The van der Waals surface area contributed by atoms with Crippen LogP contribution < -0.4 is 15.9 Å². The molecule has 0 bridgehead atoms. The number of hydrogen-bond donors (Lipinski definition) is 6. The Balaban J connectivity index is 1.42. The minimum Gasteiger partial charge on any atom is -0.504 e. The first-order chi connectivity index (χ1) is 16.6. The molecule has 4 aromatic rings. The maximum atomic E-state index is 12.8. The Kier molecular flexibility index (Phi) is 5.42. The third-order valence-electron chi connectivity index (χ3n) is 5.56. The standard InChI is InChI=1S/C19H18N6O9S/c20-16-10-17(22-5-21-16)25(6-23-10)19-13(29)12(28)15(34-19)18(30)24-35(31,32)9-4-33-14-7(11(9)27)2-1-3-8(14)26/h1-6,12-13,15,18-19,24,26,28-30H,(H2,20,21,22)/t12-,13+,15-,18?,19+/m0/s1. The summed E-state index contributed by atoms with van der Waals surface area (Å²) in [5.41, 5.74) is 4.91. The van der Waals surface area contributed by atoms with Gasteiger partial charge in [0.05, 0.1) is 11.7 Å². The highest BCUT2D eigenvalue weighted by molar-refractivity contribution is 7.89. The number of nitrogens with zero attached hydrogens (tertiary/aromatic N) is 4. The van der Waals surface area contributed by atoms with E-state index < -0.39 is 51.1 Å². The molecular formula is C19H18N6O9S. The summed E-state index contributed by atoms with van der Waals surface area (Å²) in [6, 6.07) is 3.84. The number of nitrogen functional groups attached to an aromatic ring is 1. The second kappa shape index (κ2) is 8.22. The average molecular weight is 506 g/mol. The van der Waals surface area contributed by atoms with Gasteiger partial charge in [0, 0.05) is 0 Å². The number of rotatable bonds is 5. The normalized spacial score (nSPS) is 23.7. The van der Waals surface area contributed by atoms with E-state index in [2.05, 4.69) is 15.0 Å². The molecule has 1 unspecified atom stereocenters. The number of nitrogens with one attached hydrogen (secondary N) is 1. The minimum atomic E-state index is -4.70. The van der Waals surface area contributed by atoms with Crippen LogP contribution in [0.4, 0.5) is 5.82 Å². The molecule has 184 valence electrons. The number of aromatic nitrogens is 4. The number of aliphatic hydroxyl groups is 3. The lowest BCUT2D eigenvalue weighted by Crippen LogP contribution is -2.49. The van der Waals surface area contributed by atoms with Crippen LogP contribution >= 0.6 is 0 Å². The van der Waals surface area contributed by atoms with Crippen LogP contribution in [0.25, 0.3) is 22.1 Å². The van der Waals surface area contributed by atoms with Crippen molar-refractivity contribution in [1.29, 1.82) is 0 Å². The molecule has 1 aliphatic heterocycles. The summed E-state index contributed by atoms with van der Waals surface area (Å²) in [5.74, 6) is -0.299. The molecule has 0 amide bonds. The van der Waals surface area contributed by atoms with Gasteiger partial charge in [0.25, 0.3) is 0 Å². The number of nitrogens with two attached hydrogens (primary N) is 1. The highest BCUT2D eigenvalue weighted by Gasteiger charge is 2.48. The summed E-state index contributed by atoms with van der Waals surface area (Å²) in [5, 5.41) is 41.1. The van der Waals surface area contributed by atoms with Crippen LogP contribution in [0.2, 0.25) is 0 Å². The maximum Gasteiger partial charge on any atom is 0.249 e. The van der Waals surface area contributed by atoms with E-state index in [1.54, 1.807) is 0 Å². The van der Waals surface area contributed by atoms with Gasteiger partial charge in [-0.05, 0) is 12.1 Å². The Bertz CT molecular complexity index is 1600. The van der Waals surface area contributed by atoms with Crippen molar-refractivity contribution in [2.75, 3.05) is 5.73 Å². The number of benzene rings is 1. The van der Waals surface area contributed by atoms with E-state index in [-0.39, 0.29) is 33.7 Å². The van der Waals surface area contributed by atoms with Gasteiger partial charge in [-0.15, -0.1) is 0 Å². The van der Waals surface area contributed by atoms with Crippen molar-refractivity contribution in [2.24, 2.45) is 0 Å². The Morgan fingerprint density at radius 1 is 1.17 bits per heavy atom. The number of phenolic OH excluding ortho intramolecular Hbond substituents is 1. The summed E-state index contributed by atoms with van der Waals surface area (Å²) in [6.07, 6.45) is -5.44. The molecule has 16 heteroatoms. The van der Waals surface area contributed by atoms with Crippen LogP contribution in [0.1, 0.15) is 6.23 Å². The zero-order chi connectivity index (χ0) is 25.1. The van der Waals surface area contributed by atoms with Crippen molar-refractivity contribution in [3.8, 4) is 5.75 Å². The van der Waals surface area contributed by atoms with Crippen molar-refractivity contribution in [3.05, 3.63) is 47.3 Å². The lowest BCUT2D eigenvalue weighted by atomic mass is 10.1. The molecule has 0 aliphatic carbocycles. The Morgan fingerprint density at radius 2 is 1.94 bits per heavy atom. The lowest BCUT2D eigenvalue weighted by molar-refractivity contribution is -0.0864. The molecule has 7 N–H and O–H groups in total. The van der Waals surface area contributed by atoms with Crippen LogP contribution in [0.15, 0.2) is 51.2 Å². The fourth-order valence-electron chi connectivity index (χ4n) is 3.83. The van der Waals surface area contributed by atoms with Crippen molar-refractivity contribution < 1.29 is 38.0 Å². The first-order valence-corrected chi connectivity index (χ1v) is 11.5. The largest absolute Gasteiger partial charge is 0.504 e. The molecule has 35 heavy (non-hydrogen) atoms. The summed E-state index contributed by atoms with van der Waals surface area (Å²) in [6.45, 7) is 0. The molecule has 1 fully saturated rings. The molecule has 4 heterocycles. The molecule has 1 saturated heterocycles. The van der Waals surface area contributed by atoms with Gasteiger partial charge in [-0.2, -0.15) is 4.72 Å². The van der Waals surface area contributed by atoms with Crippen LogP contribution in [0.5, 0.6) is 5.75 Å². The highest BCUT2D eigenvalue weighted by atomic mass is 32.2. The topological polar surface area (TPSA) is 236 Å². The van der Waals surface area contributed by atoms with Crippen molar-refractivity contribution in [3.63, 3.8) is 0 Å². The van der Waals surface area contributed by atoms with Crippen LogP contribution in [0.3, 0.4) is 0 Å². The number of aromatic hydroxyl groups is 1. The zero-order valence-electron chi connectivity index (χ0n) is 17.5. The predicted octanol–water partition coefficient (Wildman–Crippen LogP) is -1.86. The smallest absolute Gasteiger partial charge is 0.249 e. The van der Waals surface area contributed by atoms with Gasteiger partial charge >= 0.3 is 0 Å². The molecule has 0 spiro atoms. The van der Waals surface area contributed by atoms with Gasteiger partial charge in [0.15, 0.2) is 33.9 Å². The van der Waals surface area contributed by atoms with Crippen molar-refractivity contribution in [2.45, 2.75) is 35.7 Å². The first kappa shape index (κ1) is 23.1. The minimum absolute atomic E-state index is 0.0636. The van der Waals surface area contributed by atoms with Crippen molar-refractivity contribution in [1.82, 2.24) is 24.2 Å². The molecule has 15 nitrogen and oxygen atoms in total. The first-order valence-electron chi connectivity index (χ1n) is 9.98. The number of aliphatic hydroxyl groups excluding tert-OH is 3. The summed E-state index contributed by atoms with van der Waals surface area (Å²) >= 11 is 0. The van der Waals surface area contributed by atoms with Gasteiger partial charge in [-0.25, -0.2) is 23.4 Å². The van der Waals surface area contributed by atoms with Gasteiger partial charge in [0.2, 0.25) is 15.5 Å².